The predicted molar refractivity (Wildman–Crippen MR) is 98.8 cm³/mol. The number of nitrogens with one attached hydrogen (secondary N) is 2. The lowest BCUT2D eigenvalue weighted by Gasteiger charge is -2.27. The summed E-state index contributed by atoms with van der Waals surface area (Å²) in [6, 6.07) is 1.35. The molecule has 1 amide bonds. The van der Waals surface area contributed by atoms with E-state index in [2.05, 4.69) is 16.6 Å². The fraction of sp³-hybridized carbons (Fsp3) is 0.667. The monoisotopic (exact) mass is 397 g/mol. The number of amides is 1. The lowest BCUT2D eigenvalue weighted by Crippen LogP contribution is -2.37. The van der Waals surface area contributed by atoms with Crippen LogP contribution < -0.4 is 4.72 Å². The predicted octanol–water partition coefficient (Wildman–Crippen LogP) is 1.81. The molecular weight excluding hydrogens is 370 g/mol. The van der Waals surface area contributed by atoms with E-state index >= 15 is 0 Å². The van der Waals surface area contributed by atoms with Crippen LogP contribution in [-0.4, -0.2) is 54.9 Å². The third kappa shape index (κ3) is 4.52. The molecule has 1 aliphatic heterocycles. The van der Waals surface area contributed by atoms with E-state index in [4.69, 9.17) is 0 Å². The van der Waals surface area contributed by atoms with Crippen molar-refractivity contribution in [1.29, 1.82) is 0 Å². The van der Waals surface area contributed by atoms with Gasteiger partial charge in [-0.3, -0.25) is 9.59 Å². The SMILES string of the molecule is CC1CCC(CNS(=O)(=O)c2c[nH]c(C(=O)N3CCCC3)c2)(CC(=O)O)C1. The third-order valence-electron chi connectivity index (χ3n) is 5.70. The quantitative estimate of drug-likeness (QED) is 0.648. The topological polar surface area (TPSA) is 120 Å². The number of aromatic amines is 1. The van der Waals surface area contributed by atoms with Gasteiger partial charge in [-0.1, -0.05) is 13.3 Å². The molecule has 0 spiro atoms. The molecular formula is C18H27N3O5S. The van der Waals surface area contributed by atoms with Crippen LogP contribution in [0.3, 0.4) is 0 Å². The van der Waals surface area contributed by atoms with E-state index in [1.165, 1.54) is 12.3 Å². The van der Waals surface area contributed by atoms with Crippen LogP contribution >= 0.6 is 0 Å². The highest BCUT2D eigenvalue weighted by atomic mass is 32.2. The number of hydrogen-bond donors (Lipinski definition) is 3. The number of carbonyl (C=O) groups excluding carboxylic acids is 1. The summed E-state index contributed by atoms with van der Waals surface area (Å²) < 4.78 is 27.9. The highest BCUT2D eigenvalue weighted by Crippen LogP contribution is 2.44. The first-order valence-electron chi connectivity index (χ1n) is 9.40. The largest absolute Gasteiger partial charge is 0.481 e. The molecule has 1 saturated heterocycles. The molecule has 2 fully saturated rings. The zero-order valence-corrected chi connectivity index (χ0v) is 16.3. The zero-order chi connectivity index (χ0) is 19.7. The summed E-state index contributed by atoms with van der Waals surface area (Å²) >= 11 is 0. The Balaban J connectivity index is 1.69. The molecule has 0 aromatic carbocycles. The Morgan fingerprint density at radius 3 is 2.67 bits per heavy atom. The average Bonchev–Trinajstić information content (AvgIpc) is 3.34. The Bertz CT molecular complexity index is 813. The molecule has 1 aromatic heterocycles. The molecule has 3 N–H and O–H groups in total. The van der Waals surface area contributed by atoms with Gasteiger partial charge in [-0.2, -0.15) is 0 Å². The van der Waals surface area contributed by atoms with Gasteiger partial charge >= 0.3 is 5.97 Å². The number of nitrogens with zero attached hydrogens (tertiary/aromatic N) is 1. The Hall–Kier alpha value is -1.87. The van der Waals surface area contributed by atoms with E-state index in [1.54, 1.807) is 4.90 Å². The second-order valence-corrected chi connectivity index (χ2v) is 9.76. The van der Waals surface area contributed by atoms with E-state index in [0.717, 1.165) is 19.3 Å². The molecule has 2 heterocycles. The molecule has 2 atom stereocenters. The number of hydrogen-bond acceptors (Lipinski definition) is 4. The van der Waals surface area contributed by atoms with Gasteiger partial charge in [0.25, 0.3) is 5.91 Å². The van der Waals surface area contributed by atoms with Crippen LogP contribution in [-0.2, 0) is 14.8 Å². The van der Waals surface area contributed by atoms with Crippen molar-refractivity contribution in [2.45, 2.75) is 50.3 Å². The molecule has 9 heteroatoms. The molecule has 3 rings (SSSR count). The van der Waals surface area contributed by atoms with E-state index in [-0.39, 0.29) is 29.5 Å². The van der Waals surface area contributed by atoms with Crippen LogP contribution in [0.1, 0.15) is 55.9 Å². The summed E-state index contributed by atoms with van der Waals surface area (Å²) in [5.74, 6) is -0.727. The fourth-order valence-electron chi connectivity index (χ4n) is 4.28. The Morgan fingerprint density at radius 1 is 1.37 bits per heavy atom. The van der Waals surface area contributed by atoms with Crippen LogP contribution in [0.5, 0.6) is 0 Å². The van der Waals surface area contributed by atoms with Gasteiger partial charge in [0.1, 0.15) is 10.6 Å². The minimum Gasteiger partial charge on any atom is -0.481 e. The molecule has 1 aromatic rings. The highest BCUT2D eigenvalue weighted by Gasteiger charge is 2.40. The van der Waals surface area contributed by atoms with Crippen molar-refractivity contribution in [3.05, 3.63) is 18.0 Å². The Kier molecular flexibility index (Phi) is 5.62. The molecule has 150 valence electrons. The first-order valence-corrected chi connectivity index (χ1v) is 10.9. The Labute approximate surface area is 159 Å². The molecule has 0 radical (unpaired) electrons. The molecule has 1 saturated carbocycles. The van der Waals surface area contributed by atoms with E-state index in [9.17, 15) is 23.1 Å². The summed E-state index contributed by atoms with van der Waals surface area (Å²) in [4.78, 5) is 28.1. The summed E-state index contributed by atoms with van der Waals surface area (Å²) in [5.41, 5.74) is -0.296. The molecule has 1 aliphatic carbocycles. The second kappa shape index (κ2) is 7.63. The van der Waals surface area contributed by atoms with Crippen LogP contribution in [0.25, 0.3) is 0 Å². The molecule has 27 heavy (non-hydrogen) atoms. The lowest BCUT2D eigenvalue weighted by molar-refractivity contribution is -0.139. The van der Waals surface area contributed by atoms with Crippen molar-refractivity contribution in [3.63, 3.8) is 0 Å². The smallest absolute Gasteiger partial charge is 0.303 e. The van der Waals surface area contributed by atoms with Crippen molar-refractivity contribution in [2.24, 2.45) is 11.3 Å². The van der Waals surface area contributed by atoms with E-state index < -0.39 is 21.4 Å². The highest BCUT2D eigenvalue weighted by molar-refractivity contribution is 7.89. The Morgan fingerprint density at radius 2 is 2.07 bits per heavy atom. The maximum Gasteiger partial charge on any atom is 0.303 e. The standard InChI is InChI=1S/C18H27N3O5S/c1-13-4-5-18(9-13,10-16(22)23)12-20-27(25,26)14-8-15(19-11-14)17(24)21-6-2-3-7-21/h8,11,13,19-20H,2-7,9-10,12H2,1H3,(H,22,23). The van der Waals surface area contributed by atoms with Crippen molar-refractivity contribution < 1.29 is 23.1 Å². The summed E-state index contributed by atoms with van der Waals surface area (Å²) in [6.07, 6.45) is 5.46. The van der Waals surface area contributed by atoms with Gasteiger partial charge in [0.05, 0.1) is 6.42 Å². The number of likely N-dealkylation sites (tertiary alicyclic amines) is 1. The van der Waals surface area contributed by atoms with Gasteiger partial charge in [-0.05, 0) is 43.1 Å². The lowest BCUT2D eigenvalue weighted by atomic mass is 9.82. The molecule has 2 aliphatic rings. The first-order chi connectivity index (χ1) is 12.7. The number of aromatic nitrogens is 1. The minimum absolute atomic E-state index is 0.00145. The number of aliphatic carboxylic acids is 1. The summed E-state index contributed by atoms with van der Waals surface area (Å²) in [6.45, 7) is 3.52. The van der Waals surface area contributed by atoms with Crippen LogP contribution in [0.4, 0.5) is 0 Å². The molecule has 0 bridgehead atoms. The third-order valence-corrected chi connectivity index (χ3v) is 7.08. The number of H-pyrrole nitrogens is 1. The maximum absolute atomic E-state index is 12.7. The number of carboxylic acid groups (broad SMARTS) is 1. The van der Waals surface area contributed by atoms with Gasteiger partial charge in [0.2, 0.25) is 10.0 Å². The maximum atomic E-state index is 12.7. The van der Waals surface area contributed by atoms with Gasteiger partial charge in [-0.25, -0.2) is 13.1 Å². The zero-order valence-electron chi connectivity index (χ0n) is 15.5. The normalized spacial score (nSPS) is 25.8. The van der Waals surface area contributed by atoms with Gasteiger partial charge < -0.3 is 15.0 Å². The van der Waals surface area contributed by atoms with Crippen LogP contribution in [0.2, 0.25) is 0 Å². The second-order valence-electron chi connectivity index (χ2n) is 7.99. The number of rotatable bonds is 7. The van der Waals surface area contributed by atoms with Crippen LogP contribution in [0, 0.1) is 11.3 Å². The summed E-state index contributed by atoms with van der Waals surface area (Å²) in [5, 5.41) is 9.22. The van der Waals surface area contributed by atoms with Gasteiger partial charge in [0.15, 0.2) is 0 Å². The van der Waals surface area contributed by atoms with Crippen molar-refractivity contribution in [2.75, 3.05) is 19.6 Å². The first kappa shape index (κ1) is 19.9. The van der Waals surface area contributed by atoms with Gasteiger partial charge in [0, 0.05) is 25.8 Å². The van der Waals surface area contributed by atoms with E-state index in [1.807, 2.05) is 0 Å². The fourth-order valence-corrected chi connectivity index (χ4v) is 5.43. The van der Waals surface area contributed by atoms with E-state index in [0.29, 0.717) is 31.8 Å². The van der Waals surface area contributed by atoms with Crippen molar-refractivity contribution in [1.82, 2.24) is 14.6 Å². The average molecular weight is 397 g/mol. The minimum atomic E-state index is -3.82. The number of carboxylic acids is 1. The summed E-state index contributed by atoms with van der Waals surface area (Å²) in [7, 11) is -3.82. The molecule has 8 nitrogen and oxygen atoms in total. The van der Waals surface area contributed by atoms with Gasteiger partial charge in [-0.15, -0.1) is 0 Å². The van der Waals surface area contributed by atoms with Crippen molar-refractivity contribution >= 4 is 21.9 Å². The number of sulfonamides is 1. The molecule has 2 unspecified atom stereocenters. The van der Waals surface area contributed by atoms with Crippen molar-refractivity contribution in [3.8, 4) is 0 Å². The van der Waals surface area contributed by atoms with Crippen LogP contribution in [0.15, 0.2) is 17.2 Å². The number of carbonyl (C=O) groups is 2.